The number of benzene rings is 1. The molecule has 126 valence electrons. The first-order valence-corrected chi connectivity index (χ1v) is 8.32. The van der Waals surface area contributed by atoms with Crippen molar-refractivity contribution in [2.75, 3.05) is 19.5 Å². The lowest BCUT2D eigenvalue weighted by molar-refractivity contribution is 0.355. The Kier molecular flexibility index (Phi) is 6.21. The molecule has 0 bridgehead atoms. The SMILES string of the molecule is COc1ccc(NC(=S)NN=C2[C@H](C)CCC[C@@H]2C)cc1OC. The summed E-state index contributed by atoms with van der Waals surface area (Å²) in [6.45, 7) is 4.45. The van der Waals surface area contributed by atoms with Crippen molar-refractivity contribution in [3.8, 4) is 11.5 Å². The van der Waals surface area contributed by atoms with Crippen LogP contribution in [0.3, 0.4) is 0 Å². The summed E-state index contributed by atoms with van der Waals surface area (Å²) in [5.41, 5.74) is 4.99. The number of nitrogens with zero attached hydrogens (tertiary/aromatic N) is 1. The maximum atomic E-state index is 5.32. The zero-order chi connectivity index (χ0) is 16.8. The lowest BCUT2D eigenvalue weighted by Crippen LogP contribution is -2.31. The summed E-state index contributed by atoms with van der Waals surface area (Å²) in [4.78, 5) is 0. The van der Waals surface area contributed by atoms with Gasteiger partial charge in [-0.3, -0.25) is 5.43 Å². The molecule has 2 atom stereocenters. The molecule has 23 heavy (non-hydrogen) atoms. The van der Waals surface area contributed by atoms with Crippen LogP contribution in [0.4, 0.5) is 5.69 Å². The van der Waals surface area contributed by atoms with E-state index in [1.54, 1.807) is 14.2 Å². The quantitative estimate of drug-likeness (QED) is 0.647. The van der Waals surface area contributed by atoms with Crippen molar-refractivity contribution in [3.05, 3.63) is 18.2 Å². The van der Waals surface area contributed by atoms with Gasteiger partial charge < -0.3 is 14.8 Å². The number of thiocarbonyl (C=S) groups is 1. The zero-order valence-electron chi connectivity index (χ0n) is 14.2. The van der Waals surface area contributed by atoms with Gasteiger partial charge in [0, 0.05) is 17.5 Å². The second-order valence-corrected chi connectivity index (χ2v) is 6.31. The molecule has 5 nitrogen and oxygen atoms in total. The molecular formula is C17H25N3O2S. The standard InChI is InChI=1S/C17H25N3O2S/c1-11-6-5-7-12(2)16(11)19-20-17(23)18-13-8-9-14(21-3)15(10-13)22-4/h8-12H,5-7H2,1-4H3,(H2,18,20,23)/t11-,12+. The van der Waals surface area contributed by atoms with E-state index in [1.807, 2.05) is 18.2 Å². The molecular weight excluding hydrogens is 310 g/mol. The van der Waals surface area contributed by atoms with E-state index in [9.17, 15) is 0 Å². The van der Waals surface area contributed by atoms with Crippen molar-refractivity contribution in [3.63, 3.8) is 0 Å². The molecule has 1 saturated carbocycles. The summed E-state index contributed by atoms with van der Waals surface area (Å²) in [7, 11) is 3.22. The highest BCUT2D eigenvalue weighted by Gasteiger charge is 2.22. The van der Waals surface area contributed by atoms with Crippen molar-refractivity contribution in [2.24, 2.45) is 16.9 Å². The van der Waals surface area contributed by atoms with Crippen LogP contribution < -0.4 is 20.2 Å². The molecule has 2 N–H and O–H groups in total. The minimum Gasteiger partial charge on any atom is -0.493 e. The van der Waals surface area contributed by atoms with Crippen molar-refractivity contribution in [1.29, 1.82) is 0 Å². The number of ether oxygens (including phenoxy) is 2. The fourth-order valence-corrected chi connectivity index (χ4v) is 3.08. The van der Waals surface area contributed by atoms with E-state index in [-0.39, 0.29) is 0 Å². The molecule has 0 aromatic heterocycles. The number of hydrogen-bond donors (Lipinski definition) is 2. The van der Waals surface area contributed by atoms with Crippen LogP contribution in [-0.4, -0.2) is 25.0 Å². The van der Waals surface area contributed by atoms with Crippen molar-refractivity contribution >= 4 is 28.7 Å². The topological polar surface area (TPSA) is 54.9 Å². The monoisotopic (exact) mass is 335 g/mol. The molecule has 0 amide bonds. The van der Waals surface area contributed by atoms with Gasteiger partial charge in [-0.25, -0.2) is 0 Å². The number of hydrogen-bond acceptors (Lipinski definition) is 4. The average Bonchev–Trinajstić information content (AvgIpc) is 2.54. The van der Waals surface area contributed by atoms with Gasteiger partial charge >= 0.3 is 0 Å². The summed E-state index contributed by atoms with van der Waals surface area (Å²) in [5, 5.41) is 8.11. The highest BCUT2D eigenvalue weighted by atomic mass is 32.1. The van der Waals surface area contributed by atoms with Gasteiger partial charge in [0.25, 0.3) is 0 Å². The minimum atomic E-state index is 0.467. The van der Waals surface area contributed by atoms with E-state index < -0.39 is 0 Å². The van der Waals surface area contributed by atoms with E-state index in [1.165, 1.54) is 25.0 Å². The van der Waals surface area contributed by atoms with E-state index >= 15 is 0 Å². The molecule has 1 fully saturated rings. The molecule has 2 rings (SSSR count). The Labute approximate surface area is 143 Å². The van der Waals surface area contributed by atoms with Crippen molar-refractivity contribution in [2.45, 2.75) is 33.1 Å². The Hall–Kier alpha value is -1.82. The van der Waals surface area contributed by atoms with Crippen molar-refractivity contribution in [1.82, 2.24) is 5.43 Å². The molecule has 6 heteroatoms. The Morgan fingerprint density at radius 3 is 2.39 bits per heavy atom. The molecule has 1 aromatic carbocycles. The third-order valence-corrected chi connectivity index (χ3v) is 4.41. The highest BCUT2D eigenvalue weighted by molar-refractivity contribution is 7.80. The number of anilines is 1. The Morgan fingerprint density at radius 2 is 1.78 bits per heavy atom. The largest absolute Gasteiger partial charge is 0.493 e. The molecule has 0 aliphatic heterocycles. The molecule has 0 radical (unpaired) electrons. The van der Waals surface area contributed by atoms with Crippen LogP contribution in [0.2, 0.25) is 0 Å². The van der Waals surface area contributed by atoms with Gasteiger partial charge in [0.05, 0.1) is 14.2 Å². The number of rotatable bonds is 4. The summed E-state index contributed by atoms with van der Waals surface area (Å²) in [6, 6.07) is 5.56. The smallest absolute Gasteiger partial charge is 0.191 e. The molecule has 1 aliphatic carbocycles. The maximum absolute atomic E-state index is 5.32. The molecule has 0 heterocycles. The van der Waals surface area contributed by atoms with Gasteiger partial charge in [0.15, 0.2) is 16.6 Å². The van der Waals surface area contributed by atoms with Crippen molar-refractivity contribution < 1.29 is 9.47 Å². The van der Waals surface area contributed by atoms with Crippen LogP contribution in [0.15, 0.2) is 23.3 Å². The zero-order valence-corrected chi connectivity index (χ0v) is 15.0. The third kappa shape index (κ3) is 4.58. The van der Waals surface area contributed by atoms with Gasteiger partial charge in [0.2, 0.25) is 0 Å². The van der Waals surface area contributed by atoms with Crippen LogP contribution in [0.25, 0.3) is 0 Å². The number of methoxy groups -OCH3 is 2. The van der Waals surface area contributed by atoms with Gasteiger partial charge in [-0.1, -0.05) is 20.3 Å². The first-order valence-electron chi connectivity index (χ1n) is 7.91. The first kappa shape index (κ1) is 17.5. The summed E-state index contributed by atoms with van der Waals surface area (Å²) >= 11 is 5.32. The molecule has 0 saturated heterocycles. The third-order valence-electron chi connectivity index (χ3n) is 4.21. The Balaban J connectivity index is 1.99. The van der Waals surface area contributed by atoms with Gasteiger partial charge in [-0.15, -0.1) is 0 Å². The maximum Gasteiger partial charge on any atom is 0.191 e. The van der Waals surface area contributed by atoms with Crippen LogP contribution >= 0.6 is 12.2 Å². The van der Waals surface area contributed by atoms with E-state index in [0.29, 0.717) is 28.4 Å². The second-order valence-electron chi connectivity index (χ2n) is 5.91. The summed E-state index contributed by atoms with van der Waals surface area (Å²) in [6.07, 6.45) is 3.66. The fraction of sp³-hybridized carbons (Fsp3) is 0.529. The lowest BCUT2D eigenvalue weighted by Gasteiger charge is -2.26. The molecule has 0 unspecified atom stereocenters. The second kappa shape index (κ2) is 8.15. The van der Waals surface area contributed by atoms with Crippen LogP contribution in [-0.2, 0) is 0 Å². The van der Waals surface area contributed by atoms with Crippen LogP contribution in [0.5, 0.6) is 11.5 Å². The lowest BCUT2D eigenvalue weighted by atomic mass is 9.81. The van der Waals surface area contributed by atoms with E-state index in [0.717, 1.165) is 5.69 Å². The van der Waals surface area contributed by atoms with E-state index in [2.05, 4.69) is 29.7 Å². The number of nitrogens with one attached hydrogen (secondary N) is 2. The Morgan fingerprint density at radius 1 is 1.13 bits per heavy atom. The fourth-order valence-electron chi connectivity index (χ4n) is 2.92. The molecule has 1 aliphatic rings. The van der Waals surface area contributed by atoms with Gasteiger partial charge in [-0.05, 0) is 49.0 Å². The highest BCUT2D eigenvalue weighted by Crippen LogP contribution is 2.29. The first-order chi connectivity index (χ1) is 11.0. The van der Waals surface area contributed by atoms with Crippen LogP contribution in [0.1, 0.15) is 33.1 Å². The normalized spacial score (nSPS) is 22.5. The molecule has 0 spiro atoms. The summed E-state index contributed by atoms with van der Waals surface area (Å²) < 4.78 is 10.5. The molecule has 1 aromatic rings. The van der Waals surface area contributed by atoms with E-state index in [4.69, 9.17) is 21.7 Å². The Bertz CT molecular complexity index is 577. The van der Waals surface area contributed by atoms with Crippen LogP contribution in [0, 0.1) is 11.8 Å². The predicted molar refractivity (Wildman–Crippen MR) is 98.5 cm³/mol. The number of hydrazone groups is 1. The minimum absolute atomic E-state index is 0.467. The summed E-state index contributed by atoms with van der Waals surface area (Å²) in [5.74, 6) is 2.36. The predicted octanol–water partition coefficient (Wildman–Crippen LogP) is 3.80. The van der Waals surface area contributed by atoms with Gasteiger partial charge in [0.1, 0.15) is 0 Å². The van der Waals surface area contributed by atoms with Gasteiger partial charge in [-0.2, -0.15) is 5.10 Å². The average molecular weight is 335 g/mol.